The van der Waals surface area contributed by atoms with Crippen LogP contribution in [0, 0.1) is 0 Å². The number of ether oxygens (including phenoxy) is 1. The maximum absolute atomic E-state index is 12.6. The Labute approximate surface area is 136 Å². The lowest BCUT2D eigenvalue weighted by atomic mass is 10.3. The molecule has 1 saturated heterocycles. The number of fused-ring (bicyclic) bond motifs is 1. The van der Waals surface area contributed by atoms with E-state index in [-0.39, 0.29) is 5.91 Å². The quantitative estimate of drug-likeness (QED) is 0.862. The van der Waals surface area contributed by atoms with E-state index in [0.29, 0.717) is 32.0 Å². The number of anilines is 1. The lowest BCUT2D eigenvalue weighted by Crippen LogP contribution is -2.42. The number of aromatic nitrogens is 4. The first-order chi connectivity index (χ1) is 11.3. The van der Waals surface area contributed by atoms with Crippen molar-refractivity contribution in [1.29, 1.82) is 0 Å². The minimum Gasteiger partial charge on any atom is -0.378 e. The van der Waals surface area contributed by atoms with E-state index < -0.39 is 0 Å². The summed E-state index contributed by atoms with van der Waals surface area (Å²) in [6, 6.07) is 0. The molecule has 8 nitrogen and oxygen atoms in total. The molecule has 1 fully saturated rings. The fourth-order valence-corrected chi connectivity index (χ4v) is 3.64. The van der Waals surface area contributed by atoms with Crippen molar-refractivity contribution in [2.75, 3.05) is 43.5 Å². The highest BCUT2D eigenvalue weighted by atomic mass is 32.2. The molecule has 1 N–H and O–H groups in total. The van der Waals surface area contributed by atoms with Crippen molar-refractivity contribution in [1.82, 2.24) is 24.8 Å². The van der Waals surface area contributed by atoms with Gasteiger partial charge in [0.05, 0.1) is 24.4 Å². The van der Waals surface area contributed by atoms with Crippen LogP contribution in [0.3, 0.4) is 0 Å². The number of morpholine rings is 1. The molecule has 120 valence electrons. The minimum absolute atomic E-state index is 0.0675. The first kappa shape index (κ1) is 14.5. The predicted molar refractivity (Wildman–Crippen MR) is 87.0 cm³/mol. The standard InChI is InChI=1S/C14H16N6O2S/c21-14(19-1-4-22-5-2-19)10-7-20(3-6-23-10)13-11-12(16-8-15-11)17-9-18-13/h7-9H,1-6H2,(H,15,16,17,18). The number of imidazole rings is 1. The predicted octanol–water partition coefficient (Wildman–Crippen LogP) is 0.606. The van der Waals surface area contributed by atoms with Crippen LogP contribution in [0.2, 0.25) is 0 Å². The van der Waals surface area contributed by atoms with Crippen molar-refractivity contribution in [2.45, 2.75) is 0 Å². The average molecular weight is 332 g/mol. The average Bonchev–Trinajstić information content (AvgIpc) is 3.10. The molecule has 23 heavy (non-hydrogen) atoms. The van der Waals surface area contributed by atoms with Crippen LogP contribution >= 0.6 is 11.8 Å². The summed E-state index contributed by atoms with van der Waals surface area (Å²) < 4.78 is 5.31. The first-order valence-electron chi connectivity index (χ1n) is 7.45. The molecule has 0 spiro atoms. The summed E-state index contributed by atoms with van der Waals surface area (Å²) in [6.07, 6.45) is 4.98. The van der Waals surface area contributed by atoms with Crippen molar-refractivity contribution < 1.29 is 9.53 Å². The highest BCUT2D eigenvalue weighted by Crippen LogP contribution is 2.29. The smallest absolute Gasteiger partial charge is 0.261 e. The van der Waals surface area contributed by atoms with Crippen molar-refractivity contribution in [3.63, 3.8) is 0 Å². The van der Waals surface area contributed by atoms with E-state index >= 15 is 0 Å². The Bertz CT molecular complexity index is 755. The zero-order valence-corrected chi connectivity index (χ0v) is 13.3. The highest BCUT2D eigenvalue weighted by Gasteiger charge is 2.25. The Hall–Kier alpha value is -2.13. The molecule has 9 heteroatoms. The van der Waals surface area contributed by atoms with E-state index in [4.69, 9.17) is 4.74 Å². The van der Waals surface area contributed by atoms with E-state index in [1.807, 2.05) is 16.0 Å². The summed E-state index contributed by atoms with van der Waals surface area (Å²) in [6.45, 7) is 3.29. The van der Waals surface area contributed by atoms with E-state index in [9.17, 15) is 4.79 Å². The van der Waals surface area contributed by atoms with Crippen molar-refractivity contribution in [2.24, 2.45) is 0 Å². The Morgan fingerprint density at radius 2 is 2.09 bits per heavy atom. The van der Waals surface area contributed by atoms with Gasteiger partial charge in [-0.2, -0.15) is 0 Å². The maximum Gasteiger partial charge on any atom is 0.261 e. The summed E-state index contributed by atoms with van der Waals surface area (Å²) in [4.78, 5) is 32.9. The lowest BCUT2D eigenvalue weighted by Gasteiger charge is -2.30. The van der Waals surface area contributed by atoms with Gasteiger partial charge in [-0.3, -0.25) is 4.79 Å². The number of carbonyl (C=O) groups is 1. The Balaban J connectivity index is 1.62. The summed E-state index contributed by atoms with van der Waals surface area (Å²) >= 11 is 1.59. The van der Waals surface area contributed by atoms with Crippen LogP contribution in [0.4, 0.5) is 5.82 Å². The molecular weight excluding hydrogens is 316 g/mol. The molecule has 0 aliphatic carbocycles. The van der Waals surface area contributed by atoms with Gasteiger partial charge < -0.3 is 19.5 Å². The summed E-state index contributed by atoms with van der Waals surface area (Å²) in [5.41, 5.74) is 1.41. The van der Waals surface area contributed by atoms with Crippen LogP contribution in [-0.4, -0.2) is 69.3 Å². The second-order valence-electron chi connectivity index (χ2n) is 5.24. The molecule has 0 saturated carbocycles. The second-order valence-corrected chi connectivity index (χ2v) is 6.37. The van der Waals surface area contributed by atoms with Gasteiger partial charge in [-0.15, -0.1) is 11.8 Å². The van der Waals surface area contributed by atoms with Gasteiger partial charge in [0.1, 0.15) is 11.8 Å². The van der Waals surface area contributed by atoms with E-state index in [1.54, 1.807) is 18.1 Å². The molecule has 4 heterocycles. The summed E-state index contributed by atoms with van der Waals surface area (Å²) in [7, 11) is 0. The van der Waals surface area contributed by atoms with Crippen molar-refractivity contribution in [3.05, 3.63) is 23.8 Å². The largest absolute Gasteiger partial charge is 0.378 e. The first-order valence-corrected chi connectivity index (χ1v) is 8.44. The van der Waals surface area contributed by atoms with Gasteiger partial charge in [-0.25, -0.2) is 15.0 Å². The molecule has 4 rings (SSSR count). The fraction of sp³-hybridized carbons (Fsp3) is 0.429. The molecule has 2 aliphatic heterocycles. The Morgan fingerprint density at radius 3 is 2.96 bits per heavy atom. The molecule has 0 unspecified atom stereocenters. The van der Waals surface area contributed by atoms with Gasteiger partial charge in [0.2, 0.25) is 0 Å². The summed E-state index contributed by atoms with van der Waals surface area (Å²) in [5.74, 6) is 1.65. The van der Waals surface area contributed by atoms with Crippen molar-refractivity contribution in [3.8, 4) is 0 Å². The number of hydrogen-bond acceptors (Lipinski definition) is 7. The third-order valence-corrected chi connectivity index (χ3v) is 4.82. The third kappa shape index (κ3) is 2.77. The van der Waals surface area contributed by atoms with Gasteiger partial charge >= 0.3 is 0 Å². The van der Waals surface area contributed by atoms with Crippen LogP contribution < -0.4 is 4.90 Å². The lowest BCUT2D eigenvalue weighted by molar-refractivity contribution is -0.130. The molecule has 0 aromatic carbocycles. The number of thioether (sulfide) groups is 1. The van der Waals surface area contributed by atoms with Gasteiger partial charge in [0.25, 0.3) is 5.91 Å². The molecular formula is C14H16N6O2S. The van der Waals surface area contributed by atoms with E-state index in [0.717, 1.165) is 28.5 Å². The summed E-state index contributed by atoms with van der Waals surface area (Å²) in [5, 5.41) is 0. The van der Waals surface area contributed by atoms with Crippen LogP contribution in [-0.2, 0) is 9.53 Å². The number of aromatic amines is 1. The minimum atomic E-state index is 0.0675. The normalized spacial score (nSPS) is 19.0. The van der Waals surface area contributed by atoms with Gasteiger partial charge in [0.15, 0.2) is 11.5 Å². The van der Waals surface area contributed by atoms with Crippen LogP contribution in [0.5, 0.6) is 0 Å². The number of nitrogens with one attached hydrogen (secondary N) is 1. The zero-order chi connectivity index (χ0) is 15.6. The number of amides is 1. The SMILES string of the molecule is O=C(C1=CN(c2ncnc3nc[nH]c23)CCS1)N1CCOCC1. The molecule has 2 aromatic rings. The van der Waals surface area contributed by atoms with E-state index in [2.05, 4.69) is 19.9 Å². The van der Waals surface area contributed by atoms with Gasteiger partial charge in [0, 0.05) is 31.6 Å². The molecule has 1 amide bonds. The number of rotatable bonds is 2. The topological polar surface area (TPSA) is 87.2 Å². The van der Waals surface area contributed by atoms with Crippen LogP contribution in [0.25, 0.3) is 11.2 Å². The molecule has 0 bridgehead atoms. The number of carbonyl (C=O) groups excluding carboxylic acids is 1. The number of H-pyrrole nitrogens is 1. The molecule has 0 radical (unpaired) electrons. The van der Waals surface area contributed by atoms with Gasteiger partial charge in [-0.1, -0.05) is 0 Å². The number of nitrogens with zero attached hydrogens (tertiary/aromatic N) is 5. The van der Waals surface area contributed by atoms with Gasteiger partial charge in [-0.05, 0) is 0 Å². The van der Waals surface area contributed by atoms with Crippen LogP contribution in [0.1, 0.15) is 0 Å². The monoisotopic (exact) mass is 332 g/mol. The maximum atomic E-state index is 12.6. The Kier molecular flexibility index (Phi) is 3.88. The second kappa shape index (κ2) is 6.17. The third-order valence-electron chi connectivity index (χ3n) is 3.85. The fourth-order valence-electron chi connectivity index (χ4n) is 2.67. The van der Waals surface area contributed by atoms with Crippen LogP contribution in [0.15, 0.2) is 23.8 Å². The zero-order valence-electron chi connectivity index (χ0n) is 12.4. The van der Waals surface area contributed by atoms with Crippen molar-refractivity contribution >= 4 is 34.7 Å². The Morgan fingerprint density at radius 1 is 1.22 bits per heavy atom. The molecule has 2 aliphatic rings. The molecule has 2 aromatic heterocycles. The highest BCUT2D eigenvalue weighted by molar-refractivity contribution is 8.04. The molecule has 0 atom stereocenters. The van der Waals surface area contributed by atoms with E-state index in [1.165, 1.54) is 6.33 Å². The number of hydrogen-bond donors (Lipinski definition) is 1.